The second-order valence-electron chi connectivity index (χ2n) is 5.29. The van der Waals surface area contributed by atoms with E-state index in [-0.39, 0.29) is 30.8 Å². The minimum Gasteiger partial charge on any atom is -0.511 e. The van der Waals surface area contributed by atoms with E-state index in [4.69, 9.17) is 14.2 Å². The first-order chi connectivity index (χ1) is 11.7. The summed E-state index contributed by atoms with van der Waals surface area (Å²) in [5.41, 5.74) is 1.63. The van der Waals surface area contributed by atoms with Gasteiger partial charge in [-0.3, -0.25) is 4.99 Å². The van der Waals surface area contributed by atoms with Crippen LogP contribution < -0.4 is 0 Å². The predicted molar refractivity (Wildman–Crippen MR) is 90.4 cm³/mol. The second kappa shape index (κ2) is 9.20. The van der Waals surface area contributed by atoms with Gasteiger partial charge in [0.15, 0.2) is 0 Å². The van der Waals surface area contributed by atoms with Crippen LogP contribution in [-0.4, -0.2) is 37.3 Å². The van der Waals surface area contributed by atoms with Crippen LogP contribution in [0.5, 0.6) is 0 Å². The lowest BCUT2D eigenvalue weighted by Crippen LogP contribution is -2.11. The highest BCUT2D eigenvalue weighted by atomic mass is 16.7. The molecule has 0 bridgehead atoms. The van der Waals surface area contributed by atoms with Crippen LogP contribution in [0.1, 0.15) is 38.4 Å². The van der Waals surface area contributed by atoms with Gasteiger partial charge >= 0.3 is 5.97 Å². The maximum Gasteiger partial charge on any atom is 0.343 e. The first-order valence-corrected chi connectivity index (χ1v) is 8.08. The molecule has 1 aromatic carbocycles. The Hall–Kier alpha value is -2.18. The lowest BCUT2D eigenvalue weighted by Gasteiger charge is -2.11. The molecule has 1 atom stereocenters. The Balaban J connectivity index is 2.29. The van der Waals surface area contributed by atoms with Crippen molar-refractivity contribution in [3.63, 3.8) is 0 Å². The van der Waals surface area contributed by atoms with Crippen molar-refractivity contribution in [3.8, 4) is 0 Å². The zero-order chi connectivity index (χ0) is 17.4. The van der Waals surface area contributed by atoms with Gasteiger partial charge in [-0.2, -0.15) is 0 Å². The summed E-state index contributed by atoms with van der Waals surface area (Å²) >= 11 is 0. The van der Waals surface area contributed by atoms with E-state index in [9.17, 15) is 9.90 Å². The van der Waals surface area contributed by atoms with E-state index in [1.165, 1.54) is 6.21 Å². The van der Waals surface area contributed by atoms with Crippen molar-refractivity contribution < 1.29 is 24.1 Å². The molecular formula is C18H23NO5. The highest BCUT2D eigenvalue weighted by Gasteiger charge is 2.21. The van der Waals surface area contributed by atoms with Crippen molar-refractivity contribution in [2.24, 2.45) is 4.99 Å². The number of benzene rings is 1. The van der Waals surface area contributed by atoms with E-state index in [1.807, 2.05) is 31.2 Å². The molecule has 1 saturated heterocycles. The molecule has 0 spiro atoms. The van der Waals surface area contributed by atoms with Crippen molar-refractivity contribution in [1.29, 1.82) is 0 Å². The number of aliphatic imine (C=N–C) groups is 1. The van der Waals surface area contributed by atoms with Crippen molar-refractivity contribution in [2.75, 3.05) is 20.0 Å². The summed E-state index contributed by atoms with van der Waals surface area (Å²) in [5, 5.41) is 10.1. The second-order valence-corrected chi connectivity index (χ2v) is 5.29. The minimum atomic E-state index is -0.579. The molecule has 0 radical (unpaired) electrons. The Morgan fingerprint density at radius 1 is 1.42 bits per heavy atom. The molecule has 1 N–H and O–H groups in total. The van der Waals surface area contributed by atoms with Gasteiger partial charge in [0, 0.05) is 18.2 Å². The smallest absolute Gasteiger partial charge is 0.343 e. The predicted octanol–water partition coefficient (Wildman–Crippen LogP) is 3.61. The quantitative estimate of drug-likeness (QED) is 0.357. The summed E-state index contributed by atoms with van der Waals surface area (Å²) in [6, 6.07) is 7.48. The Labute approximate surface area is 141 Å². The number of aliphatic hydroxyl groups excluding tert-OH is 1. The fraction of sp³-hybridized carbons (Fsp3) is 0.444. The molecule has 1 heterocycles. The van der Waals surface area contributed by atoms with Crippen LogP contribution in [0.3, 0.4) is 0 Å². The third kappa shape index (κ3) is 4.66. The summed E-state index contributed by atoms with van der Waals surface area (Å²) in [4.78, 5) is 16.4. The molecule has 6 nitrogen and oxygen atoms in total. The Kier molecular flexibility index (Phi) is 6.96. The summed E-state index contributed by atoms with van der Waals surface area (Å²) in [6.45, 7) is 4.60. The van der Waals surface area contributed by atoms with E-state index in [1.54, 1.807) is 6.92 Å². The first-order valence-electron chi connectivity index (χ1n) is 8.08. The van der Waals surface area contributed by atoms with Gasteiger partial charge in [-0.05, 0) is 19.4 Å². The largest absolute Gasteiger partial charge is 0.511 e. The maximum atomic E-state index is 12.0. The van der Waals surface area contributed by atoms with E-state index >= 15 is 0 Å². The molecule has 0 aromatic heterocycles. The van der Waals surface area contributed by atoms with Crippen LogP contribution in [0.2, 0.25) is 0 Å². The van der Waals surface area contributed by atoms with Crippen LogP contribution in [-0.2, 0) is 19.0 Å². The molecule has 130 valence electrons. The fourth-order valence-electron chi connectivity index (χ4n) is 2.35. The van der Waals surface area contributed by atoms with Gasteiger partial charge in [0.1, 0.15) is 24.2 Å². The molecule has 1 unspecified atom stereocenters. The number of hydrogen-bond acceptors (Lipinski definition) is 6. The summed E-state index contributed by atoms with van der Waals surface area (Å²) in [5.74, 6) is -0.595. The third-order valence-corrected chi connectivity index (χ3v) is 3.53. The molecule has 0 amide bonds. The van der Waals surface area contributed by atoms with Crippen LogP contribution in [0.25, 0.3) is 0 Å². The van der Waals surface area contributed by atoms with Crippen LogP contribution in [0.15, 0.2) is 40.6 Å². The molecule has 1 fully saturated rings. The zero-order valence-electron chi connectivity index (χ0n) is 14.0. The normalized spacial score (nSPS) is 18.7. The van der Waals surface area contributed by atoms with Gasteiger partial charge in [0.05, 0.1) is 18.9 Å². The molecule has 2 rings (SSSR count). The van der Waals surface area contributed by atoms with Gasteiger partial charge < -0.3 is 19.3 Å². The molecule has 24 heavy (non-hydrogen) atoms. The van der Waals surface area contributed by atoms with Gasteiger partial charge in [0.25, 0.3) is 0 Å². The van der Waals surface area contributed by atoms with E-state index in [0.717, 1.165) is 5.56 Å². The number of allylic oxidation sites excluding steroid dienone is 1. The molecule has 0 saturated carbocycles. The maximum absolute atomic E-state index is 12.0. The SMILES string of the molecule is CCC/C(O)=C(\C=Nc1ccccc1C1COCO1)C(=O)OCC. The molecule has 6 heteroatoms. The van der Waals surface area contributed by atoms with Crippen molar-refractivity contribution in [2.45, 2.75) is 32.8 Å². The lowest BCUT2D eigenvalue weighted by molar-refractivity contribution is -0.138. The molecular weight excluding hydrogens is 310 g/mol. The molecule has 1 aromatic rings. The summed E-state index contributed by atoms with van der Waals surface area (Å²) in [6.07, 6.45) is 2.28. The number of carbonyl (C=O) groups is 1. The Morgan fingerprint density at radius 2 is 2.21 bits per heavy atom. The molecule has 1 aliphatic heterocycles. The Morgan fingerprint density at radius 3 is 2.88 bits per heavy atom. The number of carbonyl (C=O) groups excluding carboxylic acids is 1. The average Bonchev–Trinajstić information content (AvgIpc) is 3.10. The number of esters is 1. The third-order valence-electron chi connectivity index (χ3n) is 3.53. The zero-order valence-corrected chi connectivity index (χ0v) is 14.0. The Bertz CT molecular complexity index is 618. The van der Waals surface area contributed by atoms with Crippen LogP contribution >= 0.6 is 0 Å². The highest BCUT2D eigenvalue weighted by Crippen LogP contribution is 2.30. The number of aliphatic hydroxyl groups is 1. The number of rotatable bonds is 7. The van der Waals surface area contributed by atoms with E-state index in [0.29, 0.717) is 25.1 Å². The van der Waals surface area contributed by atoms with Gasteiger partial charge in [-0.15, -0.1) is 0 Å². The minimum absolute atomic E-state index is 0.0161. The van der Waals surface area contributed by atoms with Crippen molar-refractivity contribution in [1.82, 2.24) is 0 Å². The monoisotopic (exact) mass is 333 g/mol. The van der Waals surface area contributed by atoms with E-state index in [2.05, 4.69) is 4.99 Å². The van der Waals surface area contributed by atoms with Crippen LogP contribution in [0.4, 0.5) is 5.69 Å². The summed E-state index contributed by atoms with van der Waals surface area (Å²) in [7, 11) is 0. The lowest BCUT2D eigenvalue weighted by atomic mass is 10.1. The number of hydrogen-bond donors (Lipinski definition) is 1. The first kappa shape index (κ1) is 18.2. The molecule has 1 aliphatic rings. The number of ether oxygens (including phenoxy) is 3. The summed E-state index contributed by atoms with van der Waals surface area (Å²) < 4.78 is 15.7. The fourth-order valence-corrected chi connectivity index (χ4v) is 2.35. The highest BCUT2D eigenvalue weighted by molar-refractivity contribution is 6.10. The van der Waals surface area contributed by atoms with E-state index < -0.39 is 5.97 Å². The molecule has 0 aliphatic carbocycles. The number of nitrogens with zero attached hydrogens (tertiary/aromatic N) is 1. The van der Waals surface area contributed by atoms with Crippen molar-refractivity contribution >= 4 is 17.9 Å². The van der Waals surface area contributed by atoms with Gasteiger partial charge in [-0.25, -0.2) is 4.79 Å². The topological polar surface area (TPSA) is 77.4 Å². The number of para-hydroxylation sites is 1. The van der Waals surface area contributed by atoms with Gasteiger partial charge in [0.2, 0.25) is 0 Å². The van der Waals surface area contributed by atoms with Crippen LogP contribution in [0, 0.1) is 0 Å². The average molecular weight is 333 g/mol. The van der Waals surface area contributed by atoms with Crippen molar-refractivity contribution in [3.05, 3.63) is 41.2 Å². The van der Waals surface area contributed by atoms with Gasteiger partial charge in [-0.1, -0.05) is 25.1 Å². The standard InChI is InChI=1S/C18H23NO5/c1-3-7-16(20)14(18(21)23-4-2)10-19-15-9-6-5-8-13(15)17-11-22-12-24-17/h5-6,8-10,17,20H,3-4,7,11-12H2,1-2H3/b16-14-,19-10?.